The molecule has 3 aliphatic heterocycles. The Morgan fingerprint density at radius 3 is 2.87 bits per heavy atom. The normalized spacial score (nSPS) is 29.0. The van der Waals surface area contributed by atoms with E-state index >= 15 is 0 Å². The van der Waals surface area contributed by atoms with Crippen molar-refractivity contribution in [2.24, 2.45) is 11.8 Å². The number of benzene rings is 1. The Kier molecular flexibility index (Phi) is 5.19. The number of amides is 1. The molecule has 0 saturated carbocycles. The Morgan fingerprint density at radius 2 is 2.03 bits per heavy atom. The van der Waals surface area contributed by atoms with Crippen molar-refractivity contribution in [1.29, 1.82) is 0 Å². The van der Waals surface area contributed by atoms with Crippen LogP contribution in [0.3, 0.4) is 0 Å². The summed E-state index contributed by atoms with van der Waals surface area (Å²) in [5.74, 6) is 1.56. The van der Waals surface area contributed by atoms with Crippen molar-refractivity contribution in [3.8, 4) is 0 Å². The van der Waals surface area contributed by atoms with Gasteiger partial charge in [-0.1, -0.05) is 18.2 Å². The third-order valence-electron chi connectivity index (χ3n) is 7.23. The monoisotopic (exact) mass is 408 g/mol. The minimum absolute atomic E-state index is 0.134. The molecule has 158 valence electrons. The topological polar surface area (TPSA) is 62.5 Å². The maximum Gasteiger partial charge on any atom is 0.223 e. The first-order chi connectivity index (χ1) is 14.6. The van der Waals surface area contributed by atoms with E-state index in [1.807, 2.05) is 18.2 Å². The van der Waals surface area contributed by atoms with Gasteiger partial charge in [0, 0.05) is 49.9 Å². The fraction of sp³-hybridized carbons (Fsp3) is 0.500. The maximum atomic E-state index is 13.8. The minimum Gasteiger partial charge on any atom is -0.383 e. The molecular formula is C24H29FN4O. The fourth-order valence-corrected chi connectivity index (χ4v) is 5.99. The Morgan fingerprint density at radius 1 is 1.17 bits per heavy atom. The minimum atomic E-state index is -0.208. The summed E-state index contributed by atoms with van der Waals surface area (Å²) in [6.07, 6.45) is 6.29. The number of likely N-dealkylation sites (tertiary alicyclic amines) is 1. The van der Waals surface area contributed by atoms with Crippen LogP contribution in [0.2, 0.25) is 0 Å². The van der Waals surface area contributed by atoms with Crippen LogP contribution in [0.1, 0.15) is 36.8 Å². The van der Waals surface area contributed by atoms with Gasteiger partial charge >= 0.3 is 0 Å². The molecule has 2 N–H and O–H groups in total. The smallest absolute Gasteiger partial charge is 0.223 e. The van der Waals surface area contributed by atoms with E-state index in [0.717, 1.165) is 56.4 Å². The Labute approximate surface area is 177 Å². The molecule has 3 saturated heterocycles. The fourth-order valence-electron chi connectivity index (χ4n) is 5.99. The van der Waals surface area contributed by atoms with E-state index in [-0.39, 0.29) is 17.8 Å². The summed E-state index contributed by atoms with van der Waals surface area (Å²) < 4.78 is 13.8. The number of rotatable bonds is 4. The molecule has 0 unspecified atom stereocenters. The summed E-state index contributed by atoms with van der Waals surface area (Å²) in [6.45, 7) is 2.72. The lowest BCUT2D eigenvalue weighted by molar-refractivity contribution is -0.152. The number of nitrogens with two attached hydrogens (primary N) is 1. The molecule has 3 fully saturated rings. The lowest BCUT2D eigenvalue weighted by atomic mass is 9.70. The Balaban J connectivity index is 1.42. The first kappa shape index (κ1) is 19.5. The molecule has 1 aromatic carbocycles. The van der Waals surface area contributed by atoms with Gasteiger partial charge in [-0.25, -0.2) is 9.37 Å². The van der Waals surface area contributed by atoms with Gasteiger partial charge in [-0.15, -0.1) is 0 Å². The predicted octanol–water partition coefficient (Wildman–Crippen LogP) is 3.25. The van der Waals surface area contributed by atoms with Crippen LogP contribution in [0.15, 0.2) is 42.6 Å². The SMILES string of the molecule is Nc1ncccc1CN1C[C@H]2C[C@@H](C1)[C@H](Cc1cccc(F)c1)N1C(=O)CCC[C@@H]21. The summed E-state index contributed by atoms with van der Waals surface area (Å²) in [5, 5.41) is 0. The van der Waals surface area contributed by atoms with Gasteiger partial charge in [0.1, 0.15) is 11.6 Å². The number of nitrogen functional groups attached to an aromatic ring is 1. The van der Waals surface area contributed by atoms with Crippen molar-refractivity contribution in [3.63, 3.8) is 0 Å². The van der Waals surface area contributed by atoms with Crippen LogP contribution in [-0.4, -0.2) is 45.9 Å². The van der Waals surface area contributed by atoms with E-state index in [9.17, 15) is 9.18 Å². The van der Waals surface area contributed by atoms with Gasteiger partial charge < -0.3 is 10.6 Å². The highest BCUT2D eigenvalue weighted by Gasteiger charge is 2.49. The third kappa shape index (κ3) is 3.69. The van der Waals surface area contributed by atoms with Crippen molar-refractivity contribution in [3.05, 3.63) is 59.5 Å². The van der Waals surface area contributed by atoms with Gasteiger partial charge in [0.05, 0.1) is 0 Å². The van der Waals surface area contributed by atoms with Crippen molar-refractivity contribution < 1.29 is 9.18 Å². The molecule has 5 rings (SSSR count). The van der Waals surface area contributed by atoms with Crippen molar-refractivity contribution in [1.82, 2.24) is 14.8 Å². The lowest BCUT2D eigenvalue weighted by Gasteiger charge is -2.57. The van der Waals surface area contributed by atoms with Gasteiger partial charge in [0.15, 0.2) is 0 Å². The number of carbonyl (C=O) groups is 1. The van der Waals surface area contributed by atoms with Gasteiger partial charge in [0.25, 0.3) is 0 Å². The van der Waals surface area contributed by atoms with Gasteiger partial charge in [-0.3, -0.25) is 9.69 Å². The molecule has 4 heterocycles. The number of aromatic nitrogens is 1. The molecule has 4 atom stereocenters. The number of hydrogen-bond acceptors (Lipinski definition) is 4. The molecule has 1 amide bonds. The van der Waals surface area contributed by atoms with Gasteiger partial charge in [-0.05, 0) is 61.3 Å². The molecular weight excluding hydrogens is 379 g/mol. The van der Waals surface area contributed by atoms with Crippen molar-refractivity contribution in [2.45, 2.75) is 50.7 Å². The summed E-state index contributed by atoms with van der Waals surface area (Å²) in [4.78, 5) is 21.9. The lowest BCUT2D eigenvalue weighted by Crippen LogP contribution is -2.65. The summed E-state index contributed by atoms with van der Waals surface area (Å²) in [6, 6.07) is 11.3. The molecule has 0 radical (unpaired) electrons. The van der Waals surface area contributed by atoms with E-state index in [0.29, 0.717) is 30.1 Å². The number of pyridine rings is 1. The van der Waals surface area contributed by atoms with Crippen LogP contribution in [0, 0.1) is 17.7 Å². The zero-order chi connectivity index (χ0) is 20.7. The zero-order valence-electron chi connectivity index (χ0n) is 17.2. The maximum absolute atomic E-state index is 13.8. The number of carbonyl (C=O) groups excluding carboxylic acids is 1. The zero-order valence-corrected chi connectivity index (χ0v) is 17.2. The second-order valence-corrected chi connectivity index (χ2v) is 9.16. The summed E-state index contributed by atoms with van der Waals surface area (Å²) in [7, 11) is 0. The highest BCUT2D eigenvalue weighted by atomic mass is 19.1. The van der Waals surface area contributed by atoms with Crippen LogP contribution >= 0.6 is 0 Å². The number of piperidine rings is 3. The summed E-state index contributed by atoms with van der Waals surface area (Å²) >= 11 is 0. The van der Waals surface area contributed by atoms with E-state index in [1.54, 1.807) is 18.3 Å². The first-order valence-corrected chi connectivity index (χ1v) is 11.1. The molecule has 2 bridgehead atoms. The summed E-state index contributed by atoms with van der Waals surface area (Å²) in [5.41, 5.74) is 8.14. The van der Waals surface area contributed by atoms with Gasteiger partial charge in [0.2, 0.25) is 5.91 Å². The second kappa shape index (κ2) is 7.99. The first-order valence-electron chi connectivity index (χ1n) is 11.1. The van der Waals surface area contributed by atoms with Crippen LogP contribution in [0.4, 0.5) is 10.2 Å². The molecule has 1 aromatic heterocycles. The van der Waals surface area contributed by atoms with Crippen LogP contribution < -0.4 is 5.73 Å². The third-order valence-corrected chi connectivity index (χ3v) is 7.23. The molecule has 2 aromatic rings. The molecule has 6 heteroatoms. The molecule has 3 aliphatic rings. The number of nitrogens with zero attached hydrogens (tertiary/aromatic N) is 3. The predicted molar refractivity (Wildman–Crippen MR) is 114 cm³/mol. The molecule has 0 spiro atoms. The van der Waals surface area contributed by atoms with Crippen LogP contribution in [-0.2, 0) is 17.8 Å². The van der Waals surface area contributed by atoms with E-state index in [4.69, 9.17) is 5.73 Å². The molecule has 30 heavy (non-hydrogen) atoms. The average Bonchev–Trinajstić information content (AvgIpc) is 2.73. The highest BCUT2D eigenvalue weighted by molar-refractivity contribution is 5.78. The largest absolute Gasteiger partial charge is 0.383 e. The van der Waals surface area contributed by atoms with Crippen LogP contribution in [0.5, 0.6) is 0 Å². The van der Waals surface area contributed by atoms with Crippen molar-refractivity contribution in [2.75, 3.05) is 18.8 Å². The Hall–Kier alpha value is -2.47. The Bertz CT molecular complexity index is 935. The van der Waals surface area contributed by atoms with Crippen molar-refractivity contribution >= 4 is 11.7 Å². The van der Waals surface area contributed by atoms with Gasteiger partial charge in [-0.2, -0.15) is 0 Å². The quantitative estimate of drug-likeness (QED) is 0.844. The van der Waals surface area contributed by atoms with E-state index in [1.165, 1.54) is 6.07 Å². The second-order valence-electron chi connectivity index (χ2n) is 9.16. The molecule has 5 nitrogen and oxygen atoms in total. The number of anilines is 1. The highest BCUT2D eigenvalue weighted by Crippen LogP contribution is 2.43. The standard InChI is InChI=1S/C24H29FN4O/c25-20-6-1-4-16(10-20)11-22-19-12-18(21-7-2-8-23(30)29(21)22)14-28(15-19)13-17-5-3-9-27-24(17)26/h1,3-6,9-10,18-19,21-22H,2,7-8,11-15H2,(H2,26,27)/t18-,19+,21+,22+/m1/s1. The number of hydrogen-bond donors (Lipinski definition) is 1. The van der Waals surface area contributed by atoms with E-state index in [2.05, 4.69) is 14.8 Å². The number of halogens is 1. The van der Waals surface area contributed by atoms with E-state index < -0.39 is 0 Å². The molecule has 0 aliphatic carbocycles. The van der Waals surface area contributed by atoms with Crippen LogP contribution in [0.25, 0.3) is 0 Å². The number of fused-ring (bicyclic) bond motifs is 4. The average molecular weight is 409 g/mol.